The fourth-order valence-electron chi connectivity index (χ4n) is 2.96. The molecular weight excluding hydrogens is 214 g/mol. The van der Waals surface area contributed by atoms with E-state index in [1.807, 2.05) is 0 Å². The van der Waals surface area contributed by atoms with Crippen LogP contribution in [0.3, 0.4) is 0 Å². The summed E-state index contributed by atoms with van der Waals surface area (Å²) in [6, 6.07) is 0. The van der Waals surface area contributed by atoms with Crippen LogP contribution in [-0.4, -0.2) is 68.8 Å². The number of ether oxygens (including phenoxy) is 1. The van der Waals surface area contributed by atoms with Gasteiger partial charge in [-0.05, 0) is 19.4 Å². The number of nitrogens with zero attached hydrogens (tertiary/aromatic N) is 2. The highest BCUT2D eigenvalue weighted by Crippen LogP contribution is 2.28. The molecule has 4 heteroatoms. The molecule has 17 heavy (non-hydrogen) atoms. The van der Waals surface area contributed by atoms with Gasteiger partial charge >= 0.3 is 0 Å². The van der Waals surface area contributed by atoms with E-state index in [1.54, 1.807) is 0 Å². The molecule has 1 atom stereocenters. The second kappa shape index (κ2) is 6.14. The highest BCUT2D eigenvalue weighted by molar-refractivity contribution is 4.88. The first-order valence-electron chi connectivity index (χ1n) is 7.00. The van der Waals surface area contributed by atoms with Crippen molar-refractivity contribution in [1.29, 1.82) is 0 Å². The summed E-state index contributed by atoms with van der Waals surface area (Å²) < 4.78 is 5.54. The third-order valence-electron chi connectivity index (χ3n) is 4.18. The van der Waals surface area contributed by atoms with Crippen molar-refractivity contribution in [2.75, 3.05) is 59.0 Å². The number of hydrogen-bond acceptors (Lipinski definition) is 4. The molecular formula is C13H27N3O. The summed E-state index contributed by atoms with van der Waals surface area (Å²) in [4.78, 5) is 5.14. The van der Waals surface area contributed by atoms with E-state index < -0.39 is 0 Å². The van der Waals surface area contributed by atoms with Crippen molar-refractivity contribution in [1.82, 2.24) is 9.80 Å². The van der Waals surface area contributed by atoms with Gasteiger partial charge < -0.3 is 20.3 Å². The van der Waals surface area contributed by atoms with Gasteiger partial charge in [-0.1, -0.05) is 6.92 Å². The standard InChI is InChI=1S/C13H27N3O/c1-2-4-15-5-7-16(8-6-15)11-13(10-14)3-9-17-12-13/h2-12,14H2,1H3. The lowest BCUT2D eigenvalue weighted by Crippen LogP contribution is -2.51. The summed E-state index contributed by atoms with van der Waals surface area (Å²) in [5.41, 5.74) is 6.19. The van der Waals surface area contributed by atoms with Gasteiger partial charge in [-0.15, -0.1) is 0 Å². The van der Waals surface area contributed by atoms with E-state index in [-0.39, 0.29) is 5.41 Å². The molecule has 2 saturated heterocycles. The van der Waals surface area contributed by atoms with Crippen LogP contribution in [0.5, 0.6) is 0 Å². The molecule has 2 heterocycles. The minimum atomic E-state index is 0.243. The molecule has 0 aromatic rings. The van der Waals surface area contributed by atoms with E-state index in [4.69, 9.17) is 10.5 Å². The molecule has 2 aliphatic heterocycles. The van der Waals surface area contributed by atoms with Crippen LogP contribution in [0.15, 0.2) is 0 Å². The van der Waals surface area contributed by atoms with Gasteiger partial charge in [0.1, 0.15) is 0 Å². The van der Waals surface area contributed by atoms with E-state index in [1.165, 1.54) is 39.1 Å². The van der Waals surface area contributed by atoms with E-state index in [2.05, 4.69) is 16.7 Å². The third-order valence-corrected chi connectivity index (χ3v) is 4.18. The van der Waals surface area contributed by atoms with Crippen molar-refractivity contribution >= 4 is 0 Å². The molecule has 100 valence electrons. The third kappa shape index (κ3) is 3.41. The summed E-state index contributed by atoms with van der Waals surface area (Å²) in [5.74, 6) is 0. The fourth-order valence-corrected chi connectivity index (χ4v) is 2.96. The fraction of sp³-hybridized carbons (Fsp3) is 1.00. The second-order valence-electron chi connectivity index (χ2n) is 5.62. The Kier molecular flexibility index (Phi) is 4.79. The Bertz CT molecular complexity index is 221. The van der Waals surface area contributed by atoms with E-state index in [9.17, 15) is 0 Å². The van der Waals surface area contributed by atoms with E-state index in [0.717, 1.165) is 32.7 Å². The van der Waals surface area contributed by atoms with Gasteiger partial charge in [0.15, 0.2) is 0 Å². The number of nitrogens with two attached hydrogens (primary N) is 1. The lowest BCUT2D eigenvalue weighted by Gasteiger charge is -2.39. The van der Waals surface area contributed by atoms with Crippen LogP contribution in [0.4, 0.5) is 0 Å². The molecule has 2 N–H and O–H groups in total. The Balaban J connectivity index is 1.77. The Morgan fingerprint density at radius 2 is 1.88 bits per heavy atom. The van der Waals surface area contributed by atoms with Crippen molar-refractivity contribution in [3.63, 3.8) is 0 Å². The maximum atomic E-state index is 5.94. The summed E-state index contributed by atoms with van der Waals surface area (Å²) in [5, 5.41) is 0. The highest BCUT2D eigenvalue weighted by atomic mass is 16.5. The van der Waals surface area contributed by atoms with Crippen LogP contribution in [0.2, 0.25) is 0 Å². The summed E-state index contributed by atoms with van der Waals surface area (Å²) in [7, 11) is 0. The molecule has 0 bridgehead atoms. The molecule has 0 saturated carbocycles. The molecule has 2 aliphatic rings. The van der Waals surface area contributed by atoms with Crippen LogP contribution >= 0.6 is 0 Å². The van der Waals surface area contributed by atoms with Crippen LogP contribution < -0.4 is 5.73 Å². The van der Waals surface area contributed by atoms with E-state index >= 15 is 0 Å². The summed E-state index contributed by atoms with van der Waals surface area (Å²) >= 11 is 0. The van der Waals surface area contributed by atoms with Gasteiger partial charge in [-0.25, -0.2) is 0 Å². The van der Waals surface area contributed by atoms with Crippen LogP contribution in [0, 0.1) is 5.41 Å². The molecule has 0 aliphatic carbocycles. The maximum absolute atomic E-state index is 5.94. The first-order valence-corrected chi connectivity index (χ1v) is 7.00. The SMILES string of the molecule is CCCN1CCN(CC2(CN)CCOC2)CC1. The molecule has 0 amide bonds. The lowest BCUT2D eigenvalue weighted by molar-refractivity contribution is 0.0754. The molecule has 0 radical (unpaired) electrons. The van der Waals surface area contributed by atoms with Crippen molar-refractivity contribution < 1.29 is 4.74 Å². The molecule has 2 rings (SSSR count). The van der Waals surface area contributed by atoms with Crippen LogP contribution in [0.25, 0.3) is 0 Å². The van der Waals surface area contributed by atoms with Crippen molar-refractivity contribution in [2.24, 2.45) is 11.1 Å². The van der Waals surface area contributed by atoms with Gasteiger partial charge in [0.2, 0.25) is 0 Å². The average molecular weight is 241 g/mol. The summed E-state index contributed by atoms with van der Waals surface area (Å²) in [6.45, 7) is 12.0. The van der Waals surface area contributed by atoms with Crippen molar-refractivity contribution in [2.45, 2.75) is 19.8 Å². The van der Waals surface area contributed by atoms with Gasteiger partial charge in [-0.3, -0.25) is 0 Å². The first-order chi connectivity index (χ1) is 8.28. The number of hydrogen-bond donors (Lipinski definition) is 1. The number of rotatable bonds is 5. The van der Waals surface area contributed by atoms with Crippen molar-refractivity contribution in [3.8, 4) is 0 Å². The monoisotopic (exact) mass is 241 g/mol. The quantitative estimate of drug-likeness (QED) is 0.755. The van der Waals surface area contributed by atoms with Crippen LogP contribution in [0.1, 0.15) is 19.8 Å². The molecule has 0 aromatic carbocycles. The Morgan fingerprint density at radius 3 is 2.41 bits per heavy atom. The normalized spacial score (nSPS) is 32.1. The second-order valence-corrected chi connectivity index (χ2v) is 5.62. The molecule has 0 aromatic heterocycles. The van der Waals surface area contributed by atoms with Crippen LogP contribution in [-0.2, 0) is 4.74 Å². The van der Waals surface area contributed by atoms with Gasteiger partial charge in [0.05, 0.1) is 6.61 Å². The molecule has 1 unspecified atom stereocenters. The average Bonchev–Trinajstić information content (AvgIpc) is 2.81. The predicted octanol–water partition coefficient (Wildman–Crippen LogP) is 0.379. The zero-order valence-electron chi connectivity index (χ0n) is 11.2. The zero-order valence-corrected chi connectivity index (χ0v) is 11.2. The highest BCUT2D eigenvalue weighted by Gasteiger charge is 2.35. The Morgan fingerprint density at radius 1 is 1.18 bits per heavy atom. The lowest BCUT2D eigenvalue weighted by atomic mass is 9.86. The predicted molar refractivity (Wildman–Crippen MR) is 70.1 cm³/mol. The van der Waals surface area contributed by atoms with Gasteiger partial charge in [-0.2, -0.15) is 0 Å². The van der Waals surface area contributed by atoms with Crippen molar-refractivity contribution in [3.05, 3.63) is 0 Å². The van der Waals surface area contributed by atoms with Gasteiger partial charge in [0, 0.05) is 51.3 Å². The minimum Gasteiger partial charge on any atom is -0.381 e. The number of piperazine rings is 1. The zero-order chi connectivity index (χ0) is 12.1. The maximum Gasteiger partial charge on any atom is 0.0547 e. The van der Waals surface area contributed by atoms with Gasteiger partial charge in [0.25, 0.3) is 0 Å². The topological polar surface area (TPSA) is 41.7 Å². The largest absolute Gasteiger partial charge is 0.381 e. The Hall–Kier alpha value is -0.160. The first kappa shape index (κ1) is 13.3. The van der Waals surface area contributed by atoms with E-state index in [0.29, 0.717) is 0 Å². The molecule has 4 nitrogen and oxygen atoms in total. The minimum absolute atomic E-state index is 0.243. The molecule has 2 fully saturated rings. The summed E-state index contributed by atoms with van der Waals surface area (Å²) in [6.07, 6.45) is 2.40. The smallest absolute Gasteiger partial charge is 0.0547 e. The molecule has 0 spiro atoms. The Labute approximate surface area is 105 Å².